The average molecular weight is 654 g/mol. The number of rotatable bonds is 12. The van der Waals surface area contributed by atoms with Crippen LogP contribution in [0, 0.1) is 18.6 Å². The number of carbonyl (C=O) groups is 1. The molecule has 0 saturated heterocycles. The zero-order chi connectivity index (χ0) is 32.9. The number of carboxylic acids is 1. The standard InChI is InChI=1S/C32H30F5N3O5.Na/c1-19-28(21-9-5-13-26(45-2)29(21)34)30(43)40(25-12-4-3-8-20(25)15-17-38-16-7-14-27(41)42)31(44)39(19)18-22-23(32(35,36)37)10-6-11-24(22)33;/h3-6,8-13,38H,7,14-18H2,1-2H3,(H,41,42);/q;+1/p-1. The van der Waals surface area contributed by atoms with Gasteiger partial charge in [-0.1, -0.05) is 36.4 Å². The minimum atomic E-state index is -4.95. The molecule has 3 aromatic carbocycles. The summed E-state index contributed by atoms with van der Waals surface area (Å²) in [7, 11) is 1.22. The summed E-state index contributed by atoms with van der Waals surface area (Å²) in [5, 5.41) is 13.7. The smallest absolute Gasteiger partial charge is 0.550 e. The van der Waals surface area contributed by atoms with Gasteiger partial charge < -0.3 is 20.0 Å². The molecular formula is C32H29F5N3NaO5. The van der Waals surface area contributed by atoms with Crippen molar-refractivity contribution < 1.29 is 66.1 Å². The summed E-state index contributed by atoms with van der Waals surface area (Å²) in [4.78, 5) is 38.8. The molecule has 46 heavy (non-hydrogen) atoms. The number of aromatic nitrogens is 2. The monoisotopic (exact) mass is 653 g/mol. The molecule has 0 spiro atoms. The number of carbonyl (C=O) groups excluding carboxylic acids is 1. The van der Waals surface area contributed by atoms with E-state index in [1.54, 1.807) is 18.2 Å². The number of alkyl halides is 3. The average Bonchev–Trinajstić information content (AvgIpc) is 2.98. The molecule has 0 amide bonds. The fraction of sp³-hybridized carbons (Fsp3) is 0.281. The van der Waals surface area contributed by atoms with E-state index in [-0.39, 0.29) is 70.7 Å². The van der Waals surface area contributed by atoms with Gasteiger partial charge in [-0.05, 0) is 69.1 Å². The van der Waals surface area contributed by atoms with Crippen LogP contribution in [0.15, 0.2) is 70.3 Å². The van der Waals surface area contributed by atoms with E-state index in [9.17, 15) is 37.1 Å². The van der Waals surface area contributed by atoms with Crippen LogP contribution in [0.4, 0.5) is 22.0 Å². The van der Waals surface area contributed by atoms with Crippen molar-refractivity contribution in [1.29, 1.82) is 0 Å². The number of ether oxygens (including phenoxy) is 1. The van der Waals surface area contributed by atoms with Crippen molar-refractivity contribution in [3.05, 3.63) is 116 Å². The normalized spacial score (nSPS) is 11.3. The quantitative estimate of drug-likeness (QED) is 0.139. The van der Waals surface area contributed by atoms with E-state index in [1.807, 2.05) is 0 Å². The molecule has 8 nitrogen and oxygen atoms in total. The fourth-order valence-electron chi connectivity index (χ4n) is 5.11. The van der Waals surface area contributed by atoms with Crippen molar-refractivity contribution in [3.63, 3.8) is 0 Å². The first-order chi connectivity index (χ1) is 21.4. The molecule has 0 unspecified atom stereocenters. The zero-order valence-electron chi connectivity index (χ0n) is 25.3. The number of hydrogen-bond acceptors (Lipinski definition) is 6. The Labute approximate surface area is 282 Å². The van der Waals surface area contributed by atoms with E-state index in [4.69, 9.17) is 4.74 Å². The van der Waals surface area contributed by atoms with Crippen molar-refractivity contribution in [2.24, 2.45) is 0 Å². The van der Waals surface area contributed by atoms with Gasteiger partial charge in [-0.2, -0.15) is 13.2 Å². The number of hydrogen-bond donors (Lipinski definition) is 1. The molecule has 0 aliphatic rings. The van der Waals surface area contributed by atoms with Gasteiger partial charge in [0.15, 0.2) is 11.6 Å². The molecular weight excluding hydrogens is 624 g/mol. The molecule has 0 fully saturated rings. The van der Waals surface area contributed by atoms with Crippen LogP contribution in [0.5, 0.6) is 5.75 Å². The molecule has 0 aliphatic heterocycles. The molecule has 1 N–H and O–H groups in total. The molecule has 0 bridgehead atoms. The van der Waals surface area contributed by atoms with E-state index in [0.717, 1.165) is 21.3 Å². The maximum atomic E-state index is 15.6. The molecule has 0 radical (unpaired) electrons. The van der Waals surface area contributed by atoms with Crippen molar-refractivity contribution in [1.82, 2.24) is 14.5 Å². The van der Waals surface area contributed by atoms with Crippen LogP contribution in [0.25, 0.3) is 16.8 Å². The van der Waals surface area contributed by atoms with E-state index < -0.39 is 52.7 Å². The van der Waals surface area contributed by atoms with Crippen LogP contribution in [-0.4, -0.2) is 35.3 Å². The van der Waals surface area contributed by atoms with Gasteiger partial charge in [0.1, 0.15) is 5.82 Å². The van der Waals surface area contributed by atoms with Crippen LogP contribution >= 0.6 is 0 Å². The summed E-state index contributed by atoms with van der Waals surface area (Å²) in [6.07, 6.45) is -4.51. The molecule has 4 aromatic rings. The second-order valence-electron chi connectivity index (χ2n) is 10.2. The fourth-order valence-corrected chi connectivity index (χ4v) is 5.11. The maximum Gasteiger partial charge on any atom is 1.00 e. The molecule has 238 valence electrons. The number of carboxylic acid groups (broad SMARTS) is 1. The summed E-state index contributed by atoms with van der Waals surface area (Å²) in [5.74, 6) is -3.55. The Kier molecular flexibility index (Phi) is 12.5. The Balaban J connectivity index is 0.00000576. The number of methoxy groups -OCH3 is 1. The molecule has 14 heteroatoms. The molecule has 0 aliphatic carbocycles. The summed E-state index contributed by atoms with van der Waals surface area (Å²) < 4.78 is 78.8. The Hall–Kier alpha value is -3.78. The Morgan fingerprint density at radius 3 is 2.35 bits per heavy atom. The van der Waals surface area contributed by atoms with Crippen LogP contribution in [0.1, 0.15) is 35.2 Å². The van der Waals surface area contributed by atoms with Gasteiger partial charge in [0.25, 0.3) is 5.56 Å². The Bertz CT molecular complexity index is 1840. The SMILES string of the molecule is COc1cccc(-c2c(C)n(Cc3c(F)cccc3C(F)(F)F)c(=O)n(-c3ccccc3CCNCCCC(=O)[O-])c2=O)c1F.[Na+]. The van der Waals surface area contributed by atoms with Crippen LogP contribution in [0.2, 0.25) is 0 Å². The van der Waals surface area contributed by atoms with Crippen molar-refractivity contribution in [2.75, 3.05) is 20.2 Å². The summed E-state index contributed by atoms with van der Waals surface area (Å²) in [6.45, 7) is 1.04. The third-order valence-corrected chi connectivity index (χ3v) is 7.34. The minimum Gasteiger partial charge on any atom is -0.550 e. The van der Waals surface area contributed by atoms with E-state index in [2.05, 4.69) is 5.32 Å². The summed E-state index contributed by atoms with van der Waals surface area (Å²) in [6, 6.07) is 12.7. The Morgan fingerprint density at radius 1 is 0.978 bits per heavy atom. The number of nitrogens with one attached hydrogen (secondary N) is 1. The molecule has 4 rings (SSSR count). The van der Waals surface area contributed by atoms with E-state index in [1.165, 1.54) is 38.3 Å². The molecule has 0 atom stereocenters. The van der Waals surface area contributed by atoms with Crippen molar-refractivity contribution in [3.8, 4) is 22.6 Å². The molecule has 0 saturated carbocycles. The van der Waals surface area contributed by atoms with Crippen LogP contribution < -0.4 is 56.0 Å². The third-order valence-electron chi connectivity index (χ3n) is 7.34. The van der Waals surface area contributed by atoms with Gasteiger partial charge in [0, 0.05) is 22.8 Å². The second-order valence-corrected chi connectivity index (χ2v) is 10.2. The largest absolute Gasteiger partial charge is 1.00 e. The van der Waals surface area contributed by atoms with Gasteiger partial charge in [0.05, 0.1) is 30.5 Å². The first-order valence-electron chi connectivity index (χ1n) is 13.9. The van der Waals surface area contributed by atoms with E-state index in [0.29, 0.717) is 31.1 Å². The predicted octanol–water partition coefficient (Wildman–Crippen LogP) is 0.995. The Morgan fingerprint density at radius 2 is 1.67 bits per heavy atom. The van der Waals surface area contributed by atoms with Crippen LogP contribution in [0.3, 0.4) is 0 Å². The predicted molar refractivity (Wildman–Crippen MR) is 154 cm³/mol. The van der Waals surface area contributed by atoms with Gasteiger partial charge >= 0.3 is 41.4 Å². The number of nitrogens with zero attached hydrogens (tertiary/aromatic N) is 2. The van der Waals surface area contributed by atoms with Gasteiger partial charge in [0.2, 0.25) is 0 Å². The first kappa shape index (κ1) is 36.7. The summed E-state index contributed by atoms with van der Waals surface area (Å²) in [5.41, 5.74) is -4.34. The number of benzene rings is 3. The van der Waals surface area contributed by atoms with Crippen molar-refractivity contribution >= 4 is 5.97 Å². The van der Waals surface area contributed by atoms with Crippen LogP contribution in [-0.2, 0) is 23.9 Å². The second kappa shape index (κ2) is 15.7. The van der Waals surface area contributed by atoms with Crippen molar-refractivity contribution in [2.45, 2.75) is 38.9 Å². The maximum absolute atomic E-state index is 15.6. The molecule has 1 aromatic heterocycles. The molecule has 1 heterocycles. The van der Waals surface area contributed by atoms with E-state index >= 15 is 4.39 Å². The van der Waals surface area contributed by atoms with Gasteiger partial charge in [-0.15, -0.1) is 0 Å². The minimum absolute atomic E-state index is 0. The summed E-state index contributed by atoms with van der Waals surface area (Å²) >= 11 is 0. The topological polar surface area (TPSA) is 105 Å². The van der Waals surface area contributed by atoms with Gasteiger partial charge in [-0.3, -0.25) is 9.36 Å². The number of aliphatic carboxylic acids is 1. The third kappa shape index (κ3) is 7.95. The van der Waals surface area contributed by atoms with Gasteiger partial charge in [-0.25, -0.2) is 18.1 Å². The first-order valence-corrected chi connectivity index (χ1v) is 13.9. The number of para-hydroxylation sites is 1. The zero-order valence-corrected chi connectivity index (χ0v) is 27.3. The number of halogens is 5.